The lowest BCUT2D eigenvalue weighted by Gasteiger charge is -2.34. The highest BCUT2D eigenvalue weighted by molar-refractivity contribution is 7.92. The number of carbonyl (C=O) groups excluding carboxylic acids is 2. The van der Waals surface area contributed by atoms with Crippen molar-refractivity contribution < 1.29 is 22.7 Å². The Morgan fingerprint density at radius 3 is 2.45 bits per heavy atom. The van der Waals surface area contributed by atoms with E-state index in [0.717, 1.165) is 48.2 Å². The van der Waals surface area contributed by atoms with Gasteiger partial charge in [0.1, 0.15) is 18.3 Å². The molecule has 38 heavy (non-hydrogen) atoms. The number of rotatable bonds is 11. The highest BCUT2D eigenvalue weighted by Gasteiger charge is 2.33. The predicted molar refractivity (Wildman–Crippen MR) is 151 cm³/mol. The van der Waals surface area contributed by atoms with Gasteiger partial charge >= 0.3 is 0 Å². The molecule has 1 atom stereocenters. The van der Waals surface area contributed by atoms with Crippen molar-refractivity contribution >= 4 is 50.7 Å². The number of halogens is 2. The van der Waals surface area contributed by atoms with Gasteiger partial charge in [0.25, 0.3) is 0 Å². The van der Waals surface area contributed by atoms with Crippen molar-refractivity contribution in [2.24, 2.45) is 0 Å². The number of sulfonamides is 1. The number of nitrogens with one attached hydrogen (secondary N) is 1. The number of nitrogens with zero attached hydrogens (tertiary/aromatic N) is 2. The van der Waals surface area contributed by atoms with Crippen molar-refractivity contribution in [3.05, 3.63) is 58.1 Å². The minimum atomic E-state index is -3.92. The molecule has 0 radical (unpaired) electrons. The number of carbonyl (C=O) groups is 2. The first kappa shape index (κ1) is 30.1. The maximum absolute atomic E-state index is 13.9. The first-order valence-corrected chi connectivity index (χ1v) is 15.3. The maximum Gasteiger partial charge on any atom is 0.244 e. The van der Waals surface area contributed by atoms with E-state index in [9.17, 15) is 18.0 Å². The Bertz CT molecular complexity index is 1230. The molecule has 0 aromatic heterocycles. The van der Waals surface area contributed by atoms with Crippen LogP contribution >= 0.6 is 23.2 Å². The van der Waals surface area contributed by atoms with Crippen LogP contribution in [-0.4, -0.2) is 57.1 Å². The number of ether oxygens (including phenoxy) is 1. The number of anilines is 1. The van der Waals surface area contributed by atoms with Gasteiger partial charge < -0.3 is 15.0 Å². The third-order valence-electron chi connectivity index (χ3n) is 6.68. The zero-order chi connectivity index (χ0) is 27.9. The first-order valence-electron chi connectivity index (χ1n) is 12.7. The molecule has 3 rings (SSSR count). The minimum Gasteiger partial charge on any atom is -0.497 e. The lowest BCUT2D eigenvalue weighted by Crippen LogP contribution is -2.54. The second-order valence-electron chi connectivity index (χ2n) is 9.51. The molecular formula is C27H35Cl2N3O5S. The van der Waals surface area contributed by atoms with Crippen LogP contribution in [0.15, 0.2) is 42.5 Å². The van der Waals surface area contributed by atoms with Gasteiger partial charge in [-0.15, -0.1) is 0 Å². The maximum atomic E-state index is 13.9. The van der Waals surface area contributed by atoms with Crippen LogP contribution < -0.4 is 14.4 Å². The van der Waals surface area contributed by atoms with Gasteiger partial charge in [-0.3, -0.25) is 13.9 Å². The molecule has 1 aliphatic rings. The van der Waals surface area contributed by atoms with E-state index in [-0.39, 0.29) is 34.2 Å². The number of hydrogen-bond donors (Lipinski definition) is 1. The van der Waals surface area contributed by atoms with E-state index >= 15 is 0 Å². The van der Waals surface area contributed by atoms with Gasteiger partial charge in [0, 0.05) is 17.6 Å². The highest BCUT2D eigenvalue weighted by Crippen LogP contribution is 2.31. The fourth-order valence-corrected chi connectivity index (χ4v) is 5.99. The van der Waals surface area contributed by atoms with E-state index in [1.165, 1.54) is 23.1 Å². The molecule has 2 amide bonds. The summed E-state index contributed by atoms with van der Waals surface area (Å²) in [5.74, 6) is -0.180. The molecule has 2 aromatic rings. The van der Waals surface area contributed by atoms with E-state index in [1.54, 1.807) is 25.3 Å². The molecule has 1 fully saturated rings. The molecule has 1 N–H and O–H groups in total. The summed E-state index contributed by atoms with van der Waals surface area (Å²) in [5, 5.41) is 3.53. The zero-order valence-corrected chi connectivity index (χ0v) is 24.3. The standard InChI is InChI=1S/C27H35Cl2N3O5S/c1-4-24(27(34)30-21-10-6-5-7-11-21)31(17-19-9-8-12-22(15-19)37-2)26(33)18-32(38(3,35)36)25-16-20(28)13-14-23(25)29/h8-9,12-16,21,24H,4-7,10-11,17-18H2,1-3H3,(H,30,34)/t24-/m1/s1. The van der Waals surface area contributed by atoms with Gasteiger partial charge in [-0.2, -0.15) is 0 Å². The van der Waals surface area contributed by atoms with Gasteiger partial charge in [-0.05, 0) is 55.2 Å². The van der Waals surface area contributed by atoms with Crippen LogP contribution in [0.5, 0.6) is 5.75 Å². The summed E-state index contributed by atoms with van der Waals surface area (Å²) < 4.78 is 31.8. The molecule has 1 aliphatic carbocycles. The van der Waals surface area contributed by atoms with Crippen molar-refractivity contribution in [2.45, 2.75) is 64.1 Å². The van der Waals surface area contributed by atoms with Gasteiger partial charge in [0.15, 0.2) is 0 Å². The average Bonchev–Trinajstić information content (AvgIpc) is 2.88. The number of amides is 2. The van der Waals surface area contributed by atoms with Crippen molar-refractivity contribution in [3.8, 4) is 5.75 Å². The summed E-state index contributed by atoms with van der Waals surface area (Å²) in [6.07, 6.45) is 6.41. The Morgan fingerprint density at radius 2 is 1.82 bits per heavy atom. The molecule has 1 saturated carbocycles. The molecular weight excluding hydrogens is 549 g/mol. The highest BCUT2D eigenvalue weighted by atomic mass is 35.5. The molecule has 0 unspecified atom stereocenters. The van der Waals surface area contributed by atoms with E-state index in [1.807, 2.05) is 13.0 Å². The molecule has 2 aromatic carbocycles. The quantitative estimate of drug-likeness (QED) is 0.400. The van der Waals surface area contributed by atoms with Crippen LogP contribution in [-0.2, 0) is 26.2 Å². The summed E-state index contributed by atoms with van der Waals surface area (Å²) in [7, 11) is -2.37. The molecule has 0 saturated heterocycles. The third kappa shape index (κ3) is 8.01. The fourth-order valence-electron chi connectivity index (χ4n) is 4.70. The summed E-state index contributed by atoms with van der Waals surface area (Å²) >= 11 is 12.4. The average molecular weight is 585 g/mol. The fraction of sp³-hybridized carbons (Fsp3) is 0.481. The predicted octanol–water partition coefficient (Wildman–Crippen LogP) is 5.02. The van der Waals surface area contributed by atoms with Crippen molar-refractivity contribution in [1.29, 1.82) is 0 Å². The lowest BCUT2D eigenvalue weighted by atomic mass is 9.95. The summed E-state index contributed by atoms with van der Waals surface area (Å²) in [6.45, 7) is 1.38. The molecule has 8 nitrogen and oxygen atoms in total. The molecule has 0 aliphatic heterocycles. The monoisotopic (exact) mass is 583 g/mol. The summed E-state index contributed by atoms with van der Waals surface area (Å²) in [6, 6.07) is 10.9. The van der Waals surface area contributed by atoms with Crippen molar-refractivity contribution in [1.82, 2.24) is 10.2 Å². The molecule has 11 heteroatoms. The van der Waals surface area contributed by atoms with Gasteiger partial charge in [-0.25, -0.2) is 8.42 Å². The van der Waals surface area contributed by atoms with Crippen LogP contribution in [0, 0.1) is 0 Å². The van der Waals surface area contributed by atoms with Crippen molar-refractivity contribution in [3.63, 3.8) is 0 Å². The SMILES string of the molecule is CC[C@H](C(=O)NC1CCCCC1)N(Cc1cccc(OC)c1)C(=O)CN(c1cc(Cl)ccc1Cl)S(C)(=O)=O. The molecule has 0 bridgehead atoms. The Hall–Kier alpha value is -2.49. The summed E-state index contributed by atoms with van der Waals surface area (Å²) in [4.78, 5) is 28.7. The topological polar surface area (TPSA) is 96.0 Å². The third-order valence-corrected chi connectivity index (χ3v) is 8.36. The Labute approximate surface area is 235 Å². The minimum absolute atomic E-state index is 0.0665. The Morgan fingerprint density at radius 1 is 1.11 bits per heavy atom. The van der Waals surface area contributed by atoms with E-state index < -0.39 is 28.5 Å². The second-order valence-corrected chi connectivity index (χ2v) is 12.3. The van der Waals surface area contributed by atoms with Gasteiger partial charge in [0.2, 0.25) is 21.8 Å². The number of hydrogen-bond acceptors (Lipinski definition) is 5. The van der Waals surface area contributed by atoms with Gasteiger partial charge in [-0.1, -0.05) is 61.5 Å². The van der Waals surface area contributed by atoms with Crippen molar-refractivity contribution in [2.75, 3.05) is 24.2 Å². The largest absolute Gasteiger partial charge is 0.497 e. The van der Waals surface area contributed by atoms with Crippen LogP contribution in [0.2, 0.25) is 10.0 Å². The molecule has 0 heterocycles. The van der Waals surface area contributed by atoms with Gasteiger partial charge in [0.05, 0.1) is 24.1 Å². The lowest BCUT2D eigenvalue weighted by molar-refractivity contribution is -0.140. The van der Waals surface area contributed by atoms with Crippen LogP contribution in [0.25, 0.3) is 0 Å². The normalized spacial score (nSPS) is 15.0. The molecule has 208 valence electrons. The smallest absolute Gasteiger partial charge is 0.244 e. The van der Waals surface area contributed by atoms with E-state index in [0.29, 0.717) is 12.2 Å². The Balaban J connectivity index is 1.96. The Kier molecular flexibility index (Phi) is 10.7. The number of methoxy groups -OCH3 is 1. The summed E-state index contributed by atoms with van der Waals surface area (Å²) in [5.41, 5.74) is 0.837. The first-order chi connectivity index (χ1) is 18.0. The van der Waals surface area contributed by atoms with Crippen LogP contribution in [0.1, 0.15) is 51.0 Å². The number of benzene rings is 2. The van der Waals surface area contributed by atoms with Crippen LogP contribution in [0.3, 0.4) is 0 Å². The van der Waals surface area contributed by atoms with E-state index in [4.69, 9.17) is 27.9 Å². The molecule has 0 spiro atoms. The zero-order valence-electron chi connectivity index (χ0n) is 22.0. The van der Waals surface area contributed by atoms with Crippen LogP contribution in [0.4, 0.5) is 5.69 Å². The second kappa shape index (κ2) is 13.5. The van der Waals surface area contributed by atoms with E-state index in [2.05, 4.69) is 5.32 Å².